The normalized spacial score (nSPS) is 14.4. The van der Waals surface area contributed by atoms with Gasteiger partial charge < -0.3 is 0 Å². The lowest BCUT2D eigenvalue weighted by Gasteiger charge is -2.01. The molecule has 0 bridgehead atoms. The molecule has 0 saturated carbocycles. The molecule has 0 fully saturated rings. The van der Waals surface area contributed by atoms with Crippen LogP contribution < -0.4 is 0 Å². The summed E-state index contributed by atoms with van der Waals surface area (Å²) in [5, 5.41) is 7.52. The van der Waals surface area contributed by atoms with Gasteiger partial charge in [0.25, 0.3) is 0 Å². The van der Waals surface area contributed by atoms with E-state index in [9.17, 15) is 18.0 Å². The molecule has 0 amide bonds. The molecule has 0 aromatic heterocycles. The smallest absolute Gasteiger partial charge is 0.298 e. The lowest BCUT2D eigenvalue weighted by atomic mass is 10.1. The van der Waals surface area contributed by atoms with Crippen LogP contribution in [0, 0.1) is 5.41 Å². The molecule has 0 atom stereocenters. The van der Waals surface area contributed by atoms with E-state index in [2.05, 4.69) is 4.99 Å². The predicted molar refractivity (Wildman–Crippen MR) is 69.6 cm³/mol. The van der Waals surface area contributed by atoms with E-state index in [-0.39, 0.29) is 5.84 Å². The zero-order valence-corrected chi connectivity index (χ0v) is 10.7. The summed E-state index contributed by atoms with van der Waals surface area (Å²) in [5.41, 5.74) is 0.742. The molecule has 0 aliphatic heterocycles. The first kappa shape index (κ1) is 17.0. The molecule has 0 spiro atoms. The van der Waals surface area contributed by atoms with Crippen LogP contribution in [0.15, 0.2) is 40.4 Å². The largest absolute Gasteiger partial charge is 0.393 e. The zero-order chi connectivity index (χ0) is 14.9. The average Bonchev–Trinajstić information content (AvgIpc) is 2.33. The SMILES string of the molecule is C\C=C(C=O)/C=C\C(=C/C)C(=N)/N=C\CC(F)(F)F. The van der Waals surface area contributed by atoms with E-state index in [1.165, 1.54) is 18.2 Å². The summed E-state index contributed by atoms with van der Waals surface area (Å²) >= 11 is 0. The van der Waals surface area contributed by atoms with Crippen LogP contribution >= 0.6 is 0 Å². The summed E-state index contributed by atoms with van der Waals surface area (Å²) in [4.78, 5) is 14.0. The molecule has 0 rings (SSSR count). The van der Waals surface area contributed by atoms with E-state index in [0.717, 1.165) is 0 Å². The second-order valence-electron chi connectivity index (χ2n) is 3.46. The van der Waals surface area contributed by atoms with Gasteiger partial charge in [-0.15, -0.1) is 0 Å². The highest BCUT2D eigenvalue weighted by atomic mass is 19.4. The van der Waals surface area contributed by atoms with Gasteiger partial charge in [-0.2, -0.15) is 13.2 Å². The fraction of sp³-hybridized carbons (Fsp3) is 0.308. The summed E-state index contributed by atoms with van der Waals surface area (Å²) in [7, 11) is 0. The van der Waals surface area contributed by atoms with E-state index in [1.807, 2.05) is 0 Å². The quantitative estimate of drug-likeness (QED) is 0.268. The lowest BCUT2D eigenvalue weighted by molar-refractivity contribution is -0.120. The number of nitrogens with zero attached hydrogens (tertiary/aromatic N) is 1. The van der Waals surface area contributed by atoms with Crippen molar-refractivity contribution in [2.45, 2.75) is 26.4 Å². The number of alkyl halides is 3. The average molecular weight is 272 g/mol. The maximum atomic E-state index is 11.9. The topological polar surface area (TPSA) is 53.3 Å². The van der Waals surface area contributed by atoms with Crippen molar-refractivity contribution in [2.75, 3.05) is 0 Å². The van der Waals surface area contributed by atoms with Crippen molar-refractivity contribution in [2.24, 2.45) is 4.99 Å². The standard InChI is InChI=1S/C13H15F3N2O/c1-3-10(9-19)5-6-11(4-2)12(17)18-8-7-13(14,15)16/h3-6,8-9,17H,7H2,1-2H3/b6-5-,10-3+,11-4+,17-12?,18-8-. The van der Waals surface area contributed by atoms with Crippen molar-refractivity contribution >= 4 is 18.3 Å². The van der Waals surface area contributed by atoms with E-state index in [4.69, 9.17) is 5.41 Å². The molecule has 19 heavy (non-hydrogen) atoms. The molecule has 0 radical (unpaired) electrons. The third-order valence-corrected chi connectivity index (χ3v) is 2.05. The van der Waals surface area contributed by atoms with Gasteiger partial charge in [-0.05, 0) is 13.8 Å². The summed E-state index contributed by atoms with van der Waals surface area (Å²) in [5.74, 6) is -0.288. The number of aliphatic imine (C=N–C) groups is 1. The van der Waals surface area contributed by atoms with Crippen LogP contribution in [0.1, 0.15) is 20.3 Å². The highest BCUT2D eigenvalue weighted by Gasteiger charge is 2.25. The fourth-order valence-corrected chi connectivity index (χ4v) is 1.02. The van der Waals surface area contributed by atoms with Crippen molar-refractivity contribution in [1.82, 2.24) is 0 Å². The van der Waals surface area contributed by atoms with Crippen LogP contribution in [0.25, 0.3) is 0 Å². The third kappa shape index (κ3) is 7.86. The number of hydrogen-bond donors (Lipinski definition) is 1. The Balaban J connectivity index is 4.73. The minimum Gasteiger partial charge on any atom is -0.298 e. The Kier molecular flexibility index (Phi) is 7.33. The monoisotopic (exact) mass is 272 g/mol. The Morgan fingerprint density at radius 3 is 2.26 bits per heavy atom. The maximum Gasteiger partial charge on any atom is 0.393 e. The number of carbonyl (C=O) groups excluding carboxylic acids is 1. The second kappa shape index (κ2) is 8.18. The highest BCUT2D eigenvalue weighted by molar-refractivity contribution is 6.02. The third-order valence-electron chi connectivity index (χ3n) is 2.05. The fourth-order valence-electron chi connectivity index (χ4n) is 1.02. The van der Waals surface area contributed by atoms with E-state index < -0.39 is 12.6 Å². The number of hydrogen-bond acceptors (Lipinski definition) is 2. The van der Waals surface area contributed by atoms with Crippen LogP contribution in [0.2, 0.25) is 0 Å². The highest BCUT2D eigenvalue weighted by Crippen LogP contribution is 2.17. The Morgan fingerprint density at radius 2 is 1.84 bits per heavy atom. The van der Waals surface area contributed by atoms with Crippen LogP contribution in [0.3, 0.4) is 0 Å². The van der Waals surface area contributed by atoms with Crippen LogP contribution in [-0.2, 0) is 4.79 Å². The molecule has 0 aromatic carbocycles. The van der Waals surface area contributed by atoms with Crippen molar-refractivity contribution in [3.63, 3.8) is 0 Å². The Labute approximate surface area is 109 Å². The van der Waals surface area contributed by atoms with Gasteiger partial charge in [0.05, 0.1) is 6.42 Å². The van der Waals surface area contributed by atoms with Gasteiger partial charge in [0.1, 0.15) is 6.29 Å². The number of amidine groups is 1. The van der Waals surface area contributed by atoms with Gasteiger partial charge in [-0.1, -0.05) is 24.3 Å². The molecule has 0 aromatic rings. The van der Waals surface area contributed by atoms with Gasteiger partial charge >= 0.3 is 6.18 Å². The number of halogens is 3. The first-order valence-corrected chi connectivity index (χ1v) is 5.48. The second-order valence-corrected chi connectivity index (χ2v) is 3.46. The minimum atomic E-state index is -4.33. The first-order valence-electron chi connectivity index (χ1n) is 5.48. The molecule has 0 saturated heterocycles. The number of allylic oxidation sites excluding steroid dienone is 4. The molecular weight excluding hydrogens is 257 g/mol. The van der Waals surface area contributed by atoms with E-state index in [0.29, 0.717) is 23.6 Å². The van der Waals surface area contributed by atoms with Crippen LogP contribution in [-0.4, -0.2) is 24.5 Å². The van der Waals surface area contributed by atoms with Gasteiger partial charge in [-0.3, -0.25) is 10.2 Å². The molecule has 3 nitrogen and oxygen atoms in total. The molecule has 0 aliphatic rings. The zero-order valence-electron chi connectivity index (χ0n) is 10.7. The molecular formula is C13H15F3N2O. The summed E-state index contributed by atoms with van der Waals surface area (Å²) in [6, 6.07) is 0. The van der Waals surface area contributed by atoms with Crippen molar-refractivity contribution < 1.29 is 18.0 Å². The first-order chi connectivity index (χ1) is 8.84. The molecule has 0 heterocycles. The summed E-state index contributed by atoms with van der Waals surface area (Å²) < 4.78 is 35.7. The number of rotatable bonds is 5. The van der Waals surface area contributed by atoms with Gasteiger partial charge in [0.2, 0.25) is 0 Å². The van der Waals surface area contributed by atoms with Gasteiger partial charge in [0, 0.05) is 17.4 Å². The van der Waals surface area contributed by atoms with E-state index in [1.54, 1.807) is 19.9 Å². The molecule has 1 N–H and O–H groups in total. The number of carbonyl (C=O) groups is 1. The molecule has 0 unspecified atom stereocenters. The minimum absolute atomic E-state index is 0.288. The summed E-state index contributed by atoms with van der Waals surface area (Å²) in [6.45, 7) is 3.31. The Hall–Kier alpha value is -1.98. The number of aldehydes is 1. The Bertz CT molecular complexity index is 443. The van der Waals surface area contributed by atoms with Crippen LogP contribution in [0.4, 0.5) is 13.2 Å². The van der Waals surface area contributed by atoms with Crippen LogP contribution in [0.5, 0.6) is 0 Å². The molecule has 0 aliphatic carbocycles. The van der Waals surface area contributed by atoms with E-state index >= 15 is 0 Å². The molecule has 104 valence electrons. The lowest BCUT2D eigenvalue weighted by Crippen LogP contribution is -2.08. The van der Waals surface area contributed by atoms with Crippen molar-refractivity contribution in [1.29, 1.82) is 5.41 Å². The van der Waals surface area contributed by atoms with Gasteiger partial charge in [-0.25, -0.2) is 4.99 Å². The van der Waals surface area contributed by atoms with Gasteiger partial charge in [0.15, 0.2) is 5.84 Å². The van der Waals surface area contributed by atoms with Crippen molar-refractivity contribution in [3.05, 3.63) is 35.5 Å². The number of nitrogens with one attached hydrogen (secondary N) is 1. The summed E-state index contributed by atoms with van der Waals surface area (Å²) in [6.07, 6.45) is 1.81. The maximum absolute atomic E-state index is 11.9. The Morgan fingerprint density at radius 1 is 1.21 bits per heavy atom. The predicted octanol–water partition coefficient (Wildman–Crippen LogP) is 3.63. The van der Waals surface area contributed by atoms with Crippen molar-refractivity contribution in [3.8, 4) is 0 Å². The molecule has 6 heteroatoms.